The highest BCUT2D eigenvalue weighted by molar-refractivity contribution is 5.94. The number of amides is 2. The number of piperidine rings is 1. The summed E-state index contributed by atoms with van der Waals surface area (Å²) in [7, 11) is 0. The molecule has 2 amide bonds. The van der Waals surface area contributed by atoms with Crippen molar-refractivity contribution in [2.75, 3.05) is 32.7 Å². The third-order valence-electron chi connectivity index (χ3n) is 4.51. The Kier molecular flexibility index (Phi) is 5.79. The molecule has 0 aromatic carbocycles. The van der Waals surface area contributed by atoms with Crippen LogP contribution in [-0.2, 0) is 9.59 Å². The molecule has 0 aromatic heterocycles. The number of likely N-dealkylation sites (tertiary alicyclic amines) is 1. The minimum Gasteiger partial charge on any atom is -0.356 e. The number of hydrogen-bond acceptors (Lipinski definition) is 3. The van der Waals surface area contributed by atoms with E-state index < -0.39 is 0 Å². The standard InChI is InChI=1S/C16H27N3O2/c1-3-4-7-18-15(20)13-5-8-19(9-6-13)16(21)12(2)14-10-17-11-14/h13,17H,3-11H2,1-2H3,(H,18,20). The second-order valence-electron chi connectivity index (χ2n) is 6.04. The van der Waals surface area contributed by atoms with Crippen LogP contribution in [-0.4, -0.2) is 49.4 Å². The van der Waals surface area contributed by atoms with Gasteiger partial charge in [0.25, 0.3) is 0 Å². The first kappa shape index (κ1) is 16.0. The van der Waals surface area contributed by atoms with Gasteiger partial charge in [-0.25, -0.2) is 0 Å². The molecule has 0 unspecified atom stereocenters. The van der Waals surface area contributed by atoms with E-state index >= 15 is 0 Å². The number of carbonyl (C=O) groups excluding carboxylic acids is 2. The molecule has 2 saturated heterocycles. The molecule has 2 aliphatic rings. The quantitative estimate of drug-likeness (QED) is 0.588. The molecule has 2 fully saturated rings. The van der Waals surface area contributed by atoms with Gasteiger partial charge >= 0.3 is 0 Å². The molecule has 0 atom stereocenters. The van der Waals surface area contributed by atoms with Crippen molar-refractivity contribution in [3.8, 4) is 0 Å². The zero-order chi connectivity index (χ0) is 15.2. The van der Waals surface area contributed by atoms with E-state index in [2.05, 4.69) is 17.6 Å². The SMILES string of the molecule is CCCCNC(=O)C1CCN(C(=O)C(C)=C2CNC2)CC1. The molecule has 2 rings (SSSR count). The Bertz CT molecular complexity index is 417. The third kappa shape index (κ3) is 4.06. The fourth-order valence-corrected chi connectivity index (χ4v) is 2.78. The minimum absolute atomic E-state index is 0.0734. The van der Waals surface area contributed by atoms with Gasteiger partial charge in [-0.3, -0.25) is 9.59 Å². The maximum atomic E-state index is 12.4. The van der Waals surface area contributed by atoms with Crippen molar-refractivity contribution >= 4 is 11.8 Å². The average Bonchev–Trinajstić information content (AvgIpc) is 2.45. The van der Waals surface area contributed by atoms with Gasteiger partial charge in [-0.05, 0) is 31.8 Å². The molecule has 5 heteroatoms. The van der Waals surface area contributed by atoms with Crippen LogP contribution in [0.4, 0.5) is 0 Å². The Morgan fingerprint density at radius 3 is 2.48 bits per heavy atom. The Balaban J connectivity index is 1.77. The number of hydrogen-bond donors (Lipinski definition) is 2. The van der Waals surface area contributed by atoms with E-state index in [4.69, 9.17) is 0 Å². The van der Waals surface area contributed by atoms with Gasteiger partial charge in [0.1, 0.15) is 0 Å². The van der Waals surface area contributed by atoms with Crippen molar-refractivity contribution in [2.24, 2.45) is 5.92 Å². The molecule has 0 radical (unpaired) electrons. The van der Waals surface area contributed by atoms with Crippen molar-refractivity contribution in [3.05, 3.63) is 11.1 Å². The van der Waals surface area contributed by atoms with Crippen molar-refractivity contribution < 1.29 is 9.59 Å². The van der Waals surface area contributed by atoms with Gasteiger partial charge in [-0.2, -0.15) is 0 Å². The van der Waals surface area contributed by atoms with Crippen LogP contribution in [0.25, 0.3) is 0 Å². The molecule has 2 aliphatic heterocycles. The second kappa shape index (κ2) is 7.59. The van der Waals surface area contributed by atoms with Crippen LogP contribution < -0.4 is 10.6 Å². The zero-order valence-electron chi connectivity index (χ0n) is 13.2. The van der Waals surface area contributed by atoms with Gasteiger partial charge in [0.15, 0.2) is 0 Å². The molecule has 118 valence electrons. The van der Waals surface area contributed by atoms with E-state index in [1.807, 2.05) is 11.8 Å². The van der Waals surface area contributed by atoms with E-state index in [-0.39, 0.29) is 17.7 Å². The Hall–Kier alpha value is -1.36. The average molecular weight is 293 g/mol. The maximum absolute atomic E-state index is 12.4. The molecule has 2 heterocycles. The van der Waals surface area contributed by atoms with E-state index in [9.17, 15) is 9.59 Å². The van der Waals surface area contributed by atoms with E-state index in [1.165, 1.54) is 5.57 Å². The molecule has 0 spiro atoms. The monoisotopic (exact) mass is 293 g/mol. The highest BCUT2D eigenvalue weighted by Crippen LogP contribution is 2.20. The van der Waals surface area contributed by atoms with Crippen LogP contribution in [0.5, 0.6) is 0 Å². The van der Waals surface area contributed by atoms with Crippen molar-refractivity contribution in [1.82, 2.24) is 15.5 Å². The number of unbranched alkanes of at least 4 members (excludes halogenated alkanes) is 1. The Labute approximate surface area is 127 Å². The van der Waals surface area contributed by atoms with Crippen molar-refractivity contribution in [3.63, 3.8) is 0 Å². The van der Waals surface area contributed by atoms with E-state index in [0.717, 1.165) is 50.9 Å². The summed E-state index contributed by atoms with van der Waals surface area (Å²) in [6.45, 7) is 7.88. The highest BCUT2D eigenvalue weighted by Gasteiger charge is 2.28. The predicted octanol–water partition coefficient (Wildman–Crippen LogP) is 1.06. The van der Waals surface area contributed by atoms with Gasteiger partial charge in [0.2, 0.25) is 11.8 Å². The summed E-state index contributed by atoms with van der Waals surface area (Å²) in [6.07, 6.45) is 3.69. The first-order chi connectivity index (χ1) is 10.1. The van der Waals surface area contributed by atoms with Crippen molar-refractivity contribution in [2.45, 2.75) is 39.5 Å². The van der Waals surface area contributed by atoms with Crippen LogP contribution >= 0.6 is 0 Å². The Morgan fingerprint density at radius 1 is 1.29 bits per heavy atom. The molecular formula is C16H27N3O2. The summed E-state index contributed by atoms with van der Waals surface area (Å²) in [6, 6.07) is 0. The van der Waals surface area contributed by atoms with Gasteiger partial charge in [0.05, 0.1) is 0 Å². The smallest absolute Gasteiger partial charge is 0.249 e. The normalized spacial score (nSPS) is 19.1. The van der Waals surface area contributed by atoms with E-state index in [1.54, 1.807) is 0 Å². The number of carbonyl (C=O) groups is 2. The van der Waals surface area contributed by atoms with Crippen LogP contribution in [0.2, 0.25) is 0 Å². The first-order valence-corrected chi connectivity index (χ1v) is 8.09. The molecule has 0 saturated carbocycles. The summed E-state index contributed by atoms with van der Waals surface area (Å²) in [5.74, 6) is 0.384. The maximum Gasteiger partial charge on any atom is 0.249 e. The number of nitrogens with zero attached hydrogens (tertiary/aromatic N) is 1. The molecule has 5 nitrogen and oxygen atoms in total. The zero-order valence-corrected chi connectivity index (χ0v) is 13.2. The molecule has 0 bridgehead atoms. The summed E-state index contributed by atoms with van der Waals surface area (Å²) < 4.78 is 0. The Morgan fingerprint density at radius 2 is 1.95 bits per heavy atom. The second-order valence-corrected chi connectivity index (χ2v) is 6.04. The third-order valence-corrected chi connectivity index (χ3v) is 4.51. The van der Waals surface area contributed by atoms with Crippen LogP contribution in [0.1, 0.15) is 39.5 Å². The van der Waals surface area contributed by atoms with Gasteiger partial charge in [-0.15, -0.1) is 0 Å². The fourth-order valence-electron chi connectivity index (χ4n) is 2.78. The lowest BCUT2D eigenvalue weighted by Gasteiger charge is -2.33. The van der Waals surface area contributed by atoms with Crippen LogP contribution in [0, 0.1) is 5.92 Å². The van der Waals surface area contributed by atoms with Gasteiger partial charge in [-0.1, -0.05) is 13.3 Å². The van der Waals surface area contributed by atoms with Crippen LogP contribution in [0.3, 0.4) is 0 Å². The molecular weight excluding hydrogens is 266 g/mol. The van der Waals surface area contributed by atoms with Gasteiger partial charge < -0.3 is 15.5 Å². The van der Waals surface area contributed by atoms with E-state index in [0.29, 0.717) is 13.1 Å². The summed E-state index contributed by atoms with van der Waals surface area (Å²) in [4.78, 5) is 26.3. The lowest BCUT2D eigenvalue weighted by molar-refractivity contribution is -0.132. The lowest BCUT2D eigenvalue weighted by Crippen LogP contribution is -2.44. The highest BCUT2D eigenvalue weighted by atomic mass is 16.2. The molecule has 2 N–H and O–H groups in total. The van der Waals surface area contributed by atoms with Gasteiger partial charge in [0, 0.05) is 44.2 Å². The molecule has 0 aromatic rings. The fraction of sp³-hybridized carbons (Fsp3) is 0.750. The topological polar surface area (TPSA) is 61.4 Å². The molecule has 0 aliphatic carbocycles. The van der Waals surface area contributed by atoms with Crippen molar-refractivity contribution in [1.29, 1.82) is 0 Å². The first-order valence-electron chi connectivity index (χ1n) is 8.09. The summed E-state index contributed by atoms with van der Waals surface area (Å²) >= 11 is 0. The predicted molar refractivity (Wildman–Crippen MR) is 82.8 cm³/mol. The summed E-state index contributed by atoms with van der Waals surface area (Å²) in [5, 5.41) is 6.16. The number of nitrogens with one attached hydrogen (secondary N) is 2. The molecule has 21 heavy (non-hydrogen) atoms. The largest absolute Gasteiger partial charge is 0.356 e. The lowest BCUT2D eigenvalue weighted by atomic mass is 9.94. The number of rotatable bonds is 5. The minimum atomic E-state index is 0.0734. The summed E-state index contributed by atoms with van der Waals surface area (Å²) in [5.41, 5.74) is 2.11. The van der Waals surface area contributed by atoms with Crippen LogP contribution in [0.15, 0.2) is 11.1 Å².